The van der Waals surface area contributed by atoms with E-state index in [0.717, 1.165) is 34.4 Å². The van der Waals surface area contributed by atoms with Crippen LogP contribution in [0.1, 0.15) is 15.9 Å². The van der Waals surface area contributed by atoms with E-state index in [1.165, 1.54) is 0 Å². The lowest BCUT2D eigenvalue weighted by molar-refractivity contribution is 0.102. The predicted molar refractivity (Wildman–Crippen MR) is 97.8 cm³/mol. The predicted octanol–water partition coefficient (Wildman–Crippen LogP) is 3.91. The number of benzene rings is 2. The first-order valence-electron chi connectivity index (χ1n) is 7.53. The standard InChI is InChI=1S/C18H19N3OS/c1-13-5-3-4-6-16(13)17(22)19-14-7-9-15(10-8-14)20-18-21(2)11-12-23-18/h3-10H,11-12H2,1-2H3,(H,19,22). The van der Waals surface area contributed by atoms with Gasteiger partial charge >= 0.3 is 0 Å². The number of carbonyl (C=O) groups is 1. The van der Waals surface area contributed by atoms with Crippen LogP contribution in [-0.2, 0) is 0 Å². The average Bonchev–Trinajstić information content (AvgIpc) is 2.95. The number of aliphatic imine (C=N–C) groups is 1. The number of anilines is 1. The van der Waals surface area contributed by atoms with Gasteiger partial charge in [0.25, 0.3) is 5.91 Å². The summed E-state index contributed by atoms with van der Waals surface area (Å²) in [5, 5.41) is 3.97. The Labute approximate surface area is 140 Å². The summed E-state index contributed by atoms with van der Waals surface area (Å²) in [5.41, 5.74) is 3.33. The Kier molecular flexibility index (Phi) is 4.67. The average molecular weight is 325 g/mol. The molecule has 23 heavy (non-hydrogen) atoms. The summed E-state index contributed by atoms with van der Waals surface area (Å²) < 4.78 is 0. The molecule has 0 radical (unpaired) electrons. The first kappa shape index (κ1) is 15.6. The zero-order valence-corrected chi connectivity index (χ0v) is 14.1. The third-order valence-electron chi connectivity index (χ3n) is 3.72. The van der Waals surface area contributed by atoms with Crippen molar-refractivity contribution < 1.29 is 4.79 Å². The fourth-order valence-electron chi connectivity index (χ4n) is 2.35. The molecule has 2 aromatic rings. The molecule has 3 rings (SSSR count). The fraction of sp³-hybridized carbons (Fsp3) is 0.222. The van der Waals surface area contributed by atoms with Gasteiger partial charge in [0, 0.05) is 30.6 Å². The molecule has 0 saturated carbocycles. The van der Waals surface area contributed by atoms with Gasteiger partial charge in [-0.3, -0.25) is 4.79 Å². The molecule has 118 valence electrons. The molecule has 0 aliphatic carbocycles. The van der Waals surface area contributed by atoms with Gasteiger partial charge in [0.15, 0.2) is 5.17 Å². The summed E-state index contributed by atoms with van der Waals surface area (Å²) in [6.07, 6.45) is 0. The van der Waals surface area contributed by atoms with Crippen LogP contribution >= 0.6 is 11.8 Å². The molecule has 0 spiro atoms. The van der Waals surface area contributed by atoms with Crippen LogP contribution in [-0.4, -0.2) is 35.3 Å². The topological polar surface area (TPSA) is 44.7 Å². The third-order valence-corrected chi connectivity index (χ3v) is 4.77. The summed E-state index contributed by atoms with van der Waals surface area (Å²) in [7, 11) is 2.05. The smallest absolute Gasteiger partial charge is 0.255 e. The Morgan fingerprint density at radius 2 is 1.91 bits per heavy atom. The number of hydrogen-bond acceptors (Lipinski definition) is 3. The highest BCUT2D eigenvalue weighted by Crippen LogP contribution is 2.23. The van der Waals surface area contributed by atoms with E-state index in [1.54, 1.807) is 11.8 Å². The van der Waals surface area contributed by atoms with Crippen LogP contribution in [0.5, 0.6) is 0 Å². The molecule has 0 aromatic heterocycles. The molecule has 2 aromatic carbocycles. The maximum atomic E-state index is 12.3. The molecule has 0 bridgehead atoms. The van der Waals surface area contributed by atoms with Crippen molar-refractivity contribution in [1.82, 2.24) is 4.90 Å². The van der Waals surface area contributed by atoms with Crippen molar-refractivity contribution in [3.63, 3.8) is 0 Å². The van der Waals surface area contributed by atoms with Gasteiger partial charge < -0.3 is 10.2 Å². The van der Waals surface area contributed by atoms with Crippen molar-refractivity contribution in [2.75, 3.05) is 24.7 Å². The minimum atomic E-state index is -0.0896. The number of nitrogens with zero attached hydrogens (tertiary/aromatic N) is 2. The van der Waals surface area contributed by atoms with Crippen LogP contribution < -0.4 is 5.32 Å². The third kappa shape index (κ3) is 3.74. The molecular weight excluding hydrogens is 306 g/mol. The van der Waals surface area contributed by atoms with E-state index >= 15 is 0 Å². The number of hydrogen-bond donors (Lipinski definition) is 1. The van der Waals surface area contributed by atoms with Gasteiger partial charge in [0.2, 0.25) is 0 Å². The monoisotopic (exact) mass is 325 g/mol. The van der Waals surface area contributed by atoms with E-state index in [4.69, 9.17) is 0 Å². The first-order valence-corrected chi connectivity index (χ1v) is 8.52. The van der Waals surface area contributed by atoms with E-state index in [0.29, 0.717) is 5.56 Å². The Balaban J connectivity index is 1.70. The number of aryl methyl sites for hydroxylation is 1. The number of nitrogens with one attached hydrogen (secondary N) is 1. The van der Waals surface area contributed by atoms with Crippen LogP contribution in [0, 0.1) is 6.92 Å². The van der Waals surface area contributed by atoms with Crippen LogP contribution in [0.15, 0.2) is 53.5 Å². The Morgan fingerprint density at radius 1 is 1.17 bits per heavy atom. The molecule has 1 saturated heterocycles. The lowest BCUT2D eigenvalue weighted by atomic mass is 10.1. The van der Waals surface area contributed by atoms with E-state index in [2.05, 4.69) is 22.3 Å². The van der Waals surface area contributed by atoms with Gasteiger partial charge in [0.1, 0.15) is 0 Å². The highest BCUT2D eigenvalue weighted by atomic mass is 32.2. The molecule has 1 amide bonds. The van der Waals surface area contributed by atoms with E-state index in [1.807, 2.05) is 55.5 Å². The lowest BCUT2D eigenvalue weighted by Gasteiger charge is -2.10. The van der Waals surface area contributed by atoms with Crippen molar-refractivity contribution in [3.8, 4) is 0 Å². The molecule has 5 heteroatoms. The second-order valence-corrected chi connectivity index (χ2v) is 6.54. The Bertz CT molecular complexity index is 740. The van der Waals surface area contributed by atoms with Crippen molar-refractivity contribution >= 4 is 34.2 Å². The fourth-order valence-corrected chi connectivity index (χ4v) is 3.38. The second-order valence-electron chi connectivity index (χ2n) is 5.48. The first-order chi connectivity index (χ1) is 11.1. The largest absolute Gasteiger partial charge is 0.353 e. The van der Waals surface area contributed by atoms with Crippen molar-refractivity contribution in [3.05, 3.63) is 59.7 Å². The molecular formula is C18H19N3OS. The molecule has 4 nitrogen and oxygen atoms in total. The zero-order valence-electron chi connectivity index (χ0n) is 13.2. The highest BCUT2D eigenvalue weighted by Gasteiger charge is 2.14. The van der Waals surface area contributed by atoms with E-state index in [-0.39, 0.29) is 5.91 Å². The SMILES string of the molecule is Cc1ccccc1C(=O)Nc1ccc(N=C2SCCN2C)cc1. The summed E-state index contributed by atoms with van der Waals surface area (Å²) in [6, 6.07) is 15.2. The summed E-state index contributed by atoms with van der Waals surface area (Å²) in [5.74, 6) is 0.994. The summed E-state index contributed by atoms with van der Waals surface area (Å²) >= 11 is 1.77. The van der Waals surface area contributed by atoms with Crippen molar-refractivity contribution in [2.24, 2.45) is 4.99 Å². The number of rotatable bonds is 3. The van der Waals surface area contributed by atoms with Crippen molar-refractivity contribution in [2.45, 2.75) is 6.92 Å². The maximum Gasteiger partial charge on any atom is 0.255 e. The van der Waals surface area contributed by atoms with Gasteiger partial charge in [-0.15, -0.1) is 0 Å². The van der Waals surface area contributed by atoms with E-state index < -0.39 is 0 Å². The normalized spacial score (nSPS) is 15.9. The van der Waals surface area contributed by atoms with Gasteiger partial charge in [-0.05, 0) is 42.8 Å². The number of carbonyl (C=O) groups excluding carboxylic acids is 1. The van der Waals surface area contributed by atoms with Gasteiger partial charge in [-0.1, -0.05) is 30.0 Å². The number of thioether (sulfide) groups is 1. The van der Waals surface area contributed by atoms with Crippen LogP contribution in [0.3, 0.4) is 0 Å². The molecule has 1 N–H and O–H groups in total. The maximum absolute atomic E-state index is 12.3. The molecule has 1 aliphatic rings. The summed E-state index contributed by atoms with van der Waals surface area (Å²) in [6.45, 7) is 2.97. The molecule has 1 fully saturated rings. The van der Waals surface area contributed by atoms with Gasteiger partial charge in [-0.25, -0.2) is 4.99 Å². The summed E-state index contributed by atoms with van der Waals surface area (Å²) in [4.78, 5) is 19.1. The number of amides is 1. The molecule has 1 heterocycles. The lowest BCUT2D eigenvalue weighted by Crippen LogP contribution is -2.17. The minimum absolute atomic E-state index is 0.0896. The van der Waals surface area contributed by atoms with Crippen LogP contribution in [0.2, 0.25) is 0 Å². The van der Waals surface area contributed by atoms with Crippen LogP contribution in [0.25, 0.3) is 0 Å². The van der Waals surface area contributed by atoms with E-state index in [9.17, 15) is 4.79 Å². The Morgan fingerprint density at radius 3 is 2.57 bits per heavy atom. The van der Waals surface area contributed by atoms with Gasteiger partial charge in [0.05, 0.1) is 5.69 Å². The molecule has 0 unspecified atom stereocenters. The minimum Gasteiger partial charge on any atom is -0.353 e. The highest BCUT2D eigenvalue weighted by molar-refractivity contribution is 8.14. The number of amidine groups is 1. The second kappa shape index (κ2) is 6.87. The Hall–Kier alpha value is -2.27. The molecule has 1 aliphatic heterocycles. The zero-order chi connectivity index (χ0) is 16.2. The molecule has 0 atom stereocenters. The van der Waals surface area contributed by atoms with Gasteiger partial charge in [-0.2, -0.15) is 0 Å². The van der Waals surface area contributed by atoms with Crippen molar-refractivity contribution in [1.29, 1.82) is 0 Å². The van der Waals surface area contributed by atoms with Crippen LogP contribution in [0.4, 0.5) is 11.4 Å². The quantitative estimate of drug-likeness (QED) is 0.930.